The zero-order chi connectivity index (χ0) is 43.8. The first kappa shape index (κ1) is 38.9. The van der Waals surface area contributed by atoms with Crippen molar-refractivity contribution in [2.24, 2.45) is 0 Å². The zero-order valence-electron chi connectivity index (χ0n) is 36.3. The van der Waals surface area contributed by atoms with Crippen molar-refractivity contribution >= 4 is 49.6 Å². The van der Waals surface area contributed by atoms with Crippen LogP contribution in [0.25, 0.3) is 93.9 Å². The van der Waals surface area contributed by atoms with E-state index < -0.39 is 0 Å². The molecule has 2 heteroatoms. The van der Waals surface area contributed by atoms with E-state index in [1.165, 1.54) is 82.6 Å². The minimum absolute atomic E-state index is 1.08. The average Bonchev–Trinajstić information content (AvgIpc) is 3.74. The quantitative estimate of drug-likeness (QED) is 0.141. The third-order valence-corrected chi connectivity index (χ3v) is 13.0. The Kier molecular flexibility index (Phi) is 9.89. The van der Waals surface area contributed by atoms with E-state index in [1.807, 2.05) is 0 Å². The van der Waals surface area contributed by atoms with Crippen molar-refractivity contribution in [2.45, 2.75) is 0 Å². The summed E-state index contributed by atoms with van der Waals surface area (Å²) in [5, 5.41) is 4.96. The molecule has 0 radical (unpaired) electrons. The summed E-state index contributed by atoms with van der Waals surface area (Å²) in [6.45, 7) is 0. The molecule has 0 aliphatic carbocycles. The lowest BCUT2D eigenvalue weighted by molar-refractivity contribution is 1.18. The van der Waals surface area contributed by atoms with Crippen LogP contribution in [0.3, 0.4) is 0 Å². The number of fused-ring (bicyclic) bond motifs is 4. The van der Waals surface area contributed by atoms with Gasteiger partial charge in [0.2, 0.25) is 0 Å². The van der Waals surface area contributed by atoms with Crippen LogP contribution >= 0.6 is 0 Å². The van der Waals surface area contributed by atoms with Gasteiger partial charge < -0.3 is 9.47 Å². The first-order chi connectivity index (χ1) is 32.7. The van der Waals surface area contributed by atoms with Crippen molar-refractivity contribution in [2.75, 3.05) is 4.90 Å². The fourth-order valence-electron chi connectivity index (χ4n) is 9.82. The summed E-state index contributed by atoms with van der Waals surface area (Å²) in [4.78, 5) is 2.42. The number of rotatable bonds is 9. The van der Waals surface area contributed by atoms with Gasteiger partial charge in [-0.3, -0.25) is 0 Å². The monoisotopic (exact) mass is 840 g/mol. The van der Waals surface area contributed by atoms with E-state index in [1.54, 1.807) is 0 Å². The molecule has 0 fully saturated rings. The normalized spacial score (nSPS) is 11.3. The second-order valence-corrected chi connectivity index (χ2v) is 16.9. The van der Waals surface area contributed by atoms with E-state index in [0.29, 0.717) is 0 Å². The maximum absolute atomic E-state index is 2.45. The molecule has 0 unspecified atom stereocenters. The van der Waals surface area contributed by atoms with Crippen LogP contribution in [0.2, 0.25) is 0 Å². The van der Waals surface area contributed by atoms with Gasteiger partial charge in [0.05, 0.1) is 22.4 Å². The number of para-hydroxylation sites is 3. The molecule has 12 rings (SSSR count). The minimum Gasteiger partial charge on any atom is -0.310 e. The Balaban J connectivity index is 0.984. The highest BCUT2D eigenvalue weighted by atomic mass is 15.1. The average molecular weight is 841 g/mol. The van der Waals surface area contributed by atoms with Crippen molar-refractivity contribution < 1.29 is 0 Å². The highest BCUT2D eigenvalue weighted by Gasteiger charge is 2.22. The van der Waals surface area contributed by atoms with Crippen molar-refractivity contribution in [3.63, 3.8) is 0 Å². The van der Waals surface area contributed by atoms with Gasteiger partial charge in [-0.2, -0.15) is 0 Å². The Labute approximate surface area is 385 Å². The maximum atomic E-state index is 2.45. The second kappa shape index (κ2) is 16.8. The molecule has 66 heavy (non-hydrogen) atoms. The molecule has 2 nitrogen and oxygen atoms in total. The molecule has 0 spiro atoms. The molecule has 0 atom stereocenters. The van der Waals surface area contributed by atoms with E-state index >= 15 is 0 Å². The molecular formula is C64H44N2. The number of nitrogens with zero attached hydrogens (tertiary/aromatic N) is 2. The highest BCUT2D eigenvalue weighted by Crippen LogP contribution is 2.46. The number of hydrogen-bond donors (Lipinski definition) is 0. The lowest BCUT2D eigenvalue weighted by Gasteiger charge is -2.28. The Bertz CT molecular complexity index is 3660. The van der Waals surface area contributed by atoms with Gasteiger partial charge in [0, 0.05) is 33.3 Å². The third-order valence-electron chi connectivity index (χ3n) is 13.0. The van der Waals surface area contributed by atoms with Crippen LogP contribution in [0.15, 0.2) is 267 Å². The van der Waals surface area contributed by atoms with E-state index in [4.69, 9.17) is 0 Å². The standard InChI is InChI=1S/C64H44N2/c1-3-16-45(17-4-1)48-36-40-54(41-37-48)65(55-42-38-49(39-43-55)47-30-32-50(33-31-47)53-35-34-46-18-7-8-21-52(46)44-53)61-27-13-10-23-57(61)58-25-15-29-63-64(58)59-24-11-14-28-62(59)66(63)60-26-12-9-22-56(60)51-19-5-2-6-20-51/h1-44H. The molecular weight excluding hydrogens is 797 g/mol. The van der Waals surface area contributed by atoms with Gasteiger partial charge in [-0.1, -0.05) is 212 Å². The third kappa shape index (κ3) is 7.02. The zero-order valence-corrected chi connectivity index (χ0v) is 36.3. The Hall–Kier alpha value is -8.72. The number of anilines is 3. The predicted octanol–water partition coefficient (Wildman–Crippen LogP) is 17.7. The summed E-state index contributed by atoms with van der Waals surface area (Å²) in [7, 11) is 0. The van der Waals surface area contributed by atoms with Crippen LogP contribution in [0, 0.1) is 0 Å². The number of aromatic nitrogens is 1. The smallest absolute Gasteiger partial charge is 0.0547 e. The van der Waals surface area contributed by atoms with E-state index in [-0.39, 0.29) is 0 Å². The maximum Gasteiger partial charge on any atom is 0.0547 e. The predicted molar refractivity (Wildman–Crippen MR) is 280 cm³/mol. The summed E-state index contributed by atoms with van der Waals surface area (Å²) >= 11 is 0. The fourth-order valence-corrected chi connectivity index (χ4v) is 9.82. The molecule has 0 saturated carbocycles. The summed E-state index contributed by atoms with van der Waals surface area (Å²) < 4.78 is 2.45. The van der Waals surface area contributed by atoms with E-state index in [9.17, 15) is 0 Å². The molecule has 0 bridgehead atoms. The van der Waals surface area contributed by atoms with Crippen LogP contribution in [0.4, 0.5) is 17.1 Å². The lowest BCUT2D eigenvalue weighted by atomic mass is 9.96. The van der Waals surface area contributed by atoms with Crippen LogP contribution in [-0.2, 0) is 0 Å². The van der Waals surface area contributed by atoms with Gasteiger partial charge in [-0.15, -0.1) is 0 Å². The molecule has 1 heterocycles. The van der Waals surface area contributed by atoms with Crippen molar-refractivity contribution in [3.8, 4) is 61.3 Å². The van der Waals surface area contributed by atoms with Crippen molar-refractivity contribution in [1.29, 1.82) is 0 Å². The first-order valence-electron chi connectivity index (χ1n) is 22.7. The van der Waals surface area contributed by atoms with Gasteiger partial charge in [0.1, 0.15) is 0 Å². The van der Waals surface area contributed by atoms with Crippen LogP contribution < -0.4 is 4.90 Å². The SMILES string of the molecule is c1ccc(-c2ccc(N(c3ccc(-c4ccc(-c5ccc6ccccc6c5)cc4)cc3)c3ccccc3-c3cccc4c3c3ccccc3n4-c3ccccc3-c3ccccc3)cc2)cc1. The molecule has 0 aliphatic rings. The summed E-state index contributed by atoms with van der Waals surface area (Å²) in [5.41, 5.74) is 18.7. The van der Waals surface area contributed by atoms with Gasteiger partial charge in [0.15, 0.2) is 0 Å². The molecule has 0 saturated heterocycles. The first-order valence-corrected chi connectivity index (χ1v) is 22.7. The molecule has 0 aliphatic heterocycles. The number of hydrogen-bond acceptors (Lipinski definition) is 1. The summed E-state index contributed by atoms with van der Waals surface area (Å²) in [6.07, 6.45) is 0. The Morgan fingerprint density at radius 1 is 0.273 bits per heavy atom. The lowest BCUT2D eigenvalue weighted by Crippen LogP contribution is -2.11. The topological polar surface area (TPSA) is 8.17 Å². The molecule has 1 aromatic heterocycles. The summed E-state index contributed by atoms with van der Waals surface area (Å²) in [5.74, 6) is 0. The van der Waals surface area contributed by atoms with Gasteiger partial charge >= 0.3 is 0 Å². The fraction of sp³-hybridized carbons (Fsp3) is 0. The van der Waals surface area contributed by atoms with Gasteiger partial charge in [-0.05, 0) is 110 Å². The van der Waals surface area contributed by atoms with Gasteiger partial charge in [0.25, 0.3) is 0 Å². The minimum atomic E-state index is 1.08. The molecule has 12 aromatic rings. The molecule has 310 valence electrons. The largest absolute Gasteiger partial charge is 0.310 e. The number of benzene rings is 11. The van der Waals surface area contributed by atoms with Gasteiger partial charge in [-0.25, -0.2) is 0 Å². The molecule has 0 N–H and O–H groups in total. The molecule has 0 amide bonds. The van der Waals surface area contributed by atoms with Crippen molar-refractivity contribution in [1.82, 2.24) is 4.57 Å². The Morgan fingerprint density at radius 3 is 1.44 bits per heavy atom. The summed E-state index contributed by atoms with van der Waals surface area (Å²) in [6, 6.07) is 96.8. The Morgan fingerprint density at radius 2 is 0.742 bits per heavy atom. The van der Waals surface area contributed by atoms with Crippen LogP contribution in [0.5, 0.6) is 0 Å². The van der Waals surface area contributed by atoms with Crippen LogP contribution in [-0.4, -0.2) is 4.57 Å². The van der Waals surface area contributed by atoms with E-state index in [0.717, 1.165) is 28.3 Å². The van der Waals surface area contributed by atoms with Crippen molar-refractivity contribution in [3.05, 3.63) is 267 Å². The second-order valence-electron chi connectivity index (χ2n) is 16.9. The molecule has 11 aromatic carbocycles. The van der Waals surface area contributed by atoms with Crippen LogP contribution in [0.1, 0.15) is 0 Å². The highest BCUT2D eigenvalue weighted by molar-refractivity contribution is 6.17. The van der Waals surface area contributed by atoms with E-state index in [2.05, 4.69) is 276 Å².